The van der Waals surface area contributed by atoms with Crippen molar-refractivity contribution in [2.75, 3.05) is 7.11 Å². The van der Waals surface area contributed by atoms with Gasteiger partial charge in [0.1, 0.15) is 11.5 Å². The van der Waals surface area contributed by atoms with Gasteiger partial charge in [-0.1, -0.05) is 16.8 Å². The molecule has 1 heterocycles. The Balaban J connectivity index is 1.66. The fourth-order valence-electron chi connectivity index (χ4n) is 1.84. The van der Waals surface area contributed by atoms with Crippen molar-refractivity contribution in [1.82, 2.24) is 10.1 Å². The van der Waals surface area contributed by atoms with Crippen LogP contribution in [0.1, 0.15) is 5.82 Å². The summed E-state index contributed by atoms with van der Waals surface area (Å²) in [5, 5.41) is 4.56. The minimum Gasteiger partial charge on any atom is -0.497 e. The molecule has 0 radical (unpaired) electrons. The molecular formula is C16H13ClN2O3. The highest BCUT2D eigenvalue weighted by molar-refractivity contribution is 6.30. The van der Waals surface area contributed by atoms with Crippen LogP contribution in [0.4, 0.5) is 0 Å². The minimum atomic E-state index is 0.223. The van der Waals surface area contributed by atoms with E-state index in [0.29, 0.717) is 22.5 Å². The van der Waals surface area contributed by atoms with E-state index in [4.69, 9.17) is 25.6 Å². The van der Waals surface area contributed by atoms with E-state index in [1.165, 1.54) is 0 Å². The number of hydrogen-bond donors (Lipinski definition) is 0. The quantitative estimate of drug-likeness (QED) is 0.712. The molecule has 0 aliphatic carbocycles. The first-order chi connectivity index (χ1) is 10.7. The van der Waals surface area contributed by atoms with Crippen LogP contribution in [0, 0.1) is 0 Å². The van der Waals surface area contributed by atoms with Crippen LogP contribution in [-0.2, 0) is 6.61 Å². The van der Waals surface area contributed by atoms with Gasteiger partial charge in [-0.15, -0.1) is 0 Å². The van der Waals surface area contributed by atoms with E-state index in [1.54, 1.807) is 31.4 Å². The Hall–Kier alpha value is -2.53. The molecule has 3 aromatic rings. The Bertz CT molecular complexity index is 739. The van der Waals surface area contributed by atoms with Gasteiger partial charge in [0, 0.05) is 10.6 Å². The van der Waals surface area contributed by atoms with Crippen LogP contribution in [0.2, 0.25) is 5.02 Å². The van der Waals surface area contributed by atoms with Gasteiger partial charge < -0.3 is 14.0 Å². The standard InChI is InChI=1S/C16H13ClN2O3/c1-20-13-6-2-11(3-7-13)16-18-15(19-22-16)10-21-14-8-4-12(17)5-9-14/h2-9H,10H2,1H3. The van der Waals surface area contributed by atoms with Crippen LogP contribution in [0.15, 0.2) is 53.1 Å². The van der Waals surface area contributed by atoms with Crippen LogP contribution in [0.25, 0.3) is 11.5 Å². The predicted octanol–water partition coefficient (Wildman–Crippen LogP) is 3.98. The Morgan fingerprint density at radius 2 is 1.68 bits per heavy atom. The van der Waals surface area contributed by atoms with Crippen molar-refractivity contribution in [1.29, 1.82) is 0 Å². The van der Waals surface area contributed by atoms with Crippen LogP contribution >= 0.6 is 11.6 Å². The first-order valence-electron chi connectivity index (χ1n) is 6.60. The van der Waals surface area contributed by atoms with E-state index in [1.807, 2.05) is 24.3 Å². The zero-order valence-corrected chi connectivity index (χ0v) is 12.6. The minimum absolute atomic E-state index is 0.223. The van der Waals surface area contributed by atoms with Crippen molar-refractivity contribution in [2.24, 2.45) is 0 Å². The number of hydrogen-bond acceptors (Lipinski definition) is 5. The van der Waals surface area contributed by atoms with E-state index >= 15 is 0 Å². The Labute approximate surface area is 132 Å². The summed E-state index contributed by atoms with van der Waals surface area (Å²) in [6.07, 6.45) is 0. The van der Waals surface area contributed by atoms with E-state index in [0.717, 1.165) is 11.3 Å². The number of benzene rings is 2. The maximum absolute atomic E-state index is 5.82. The number of nitrogens with zero attached hydrogens (tertiary/aromatic N) is 2. The van der Waals surface area contributed by atoms with Gasteiger partial charge in [-0.3, -0.25) is 0 Å². The summed E-state index contributed by atoms with van der Waals surface area (Å²) in [5.74, 6) is 2.38. The molecule has 5 nitrogen and oxygen atoms in total. The Morgan fingerprint density at radius 1 is 1.00 bits per heavy atom. The Kier molecular flexibility index (Phi) is 4.25. The lowest BCUT2D eigenvalue weighted by Gasteiger charge is -2.02. The van der Waals surface area contributed by atoms with E-state index in [-0.39, 0.29) is 6.61 Å². The second kappa shape index (κ2) is 6.49. The summed E-state index contributed by atoms with van der Waals surface area (Å²) in [6, 6.07) is 14.5. The number of halogens is 1. The molecule has 1 aromatic heterocycles. The van der Waals surface area contributed by atoms with Crippen molar-refractivity contribution in [3.8, 4) is 23.0 Å². The monoisotopic (exact) mass is 316 g/mol. The molecule has 2 aromatic carbocycles. The van der Waals surface area contributed by atoms with E-state index < -0.39 is 0 Å². The number of ether oxygens (including phenoxy) is 2. The van der Waals surface area contributed by atoms with Gasteiger partial charge in [0.05, 0.1) is 7.11 Å². The third-order valence-electron chi connectivity index (χ3n) is 2.99. The summed E-state index contributed by atoms with van der Waals surface area (Å²) in [7, 11) is 1.62. The SMILES string of the molecule is COc1ccc(-c2nc(COc3ccc(Cl)cc3)no2)cc1. The molecule has 0 aliphatic heterocycles. The number of rotatable bonds is 5. The van der Waals surface area contributed by atoms with Gasteiger partial charge >= 0.3 is 0 Å². The summed E-state index contributed by atoms with van der Waals surface area (Å²) in [5.41, 5.74) is 0.825. The zero-order chi connectivity index (χ0) is 15.4. The molecule has 22 heavy (non-hydrogen) atoms. The van der Waals surface area contributed by atoms with Gasteiger partial charge in [-0.05, 0) is 48.5 Å². The molecule has 0 saturated carbocycles. The summed E-state index contributed by atoms with van der Waals surface area (Å²) < 4.78 is 15.9. The predicted molar refractivity (Wildman–Crippen MR) is 82.1 cm³/mol. The number of aromatic nitrogens is 2. The summed E-state index contributed by atoms with van der Waals surface area (Å²) in [4.78, 5) is 4.30. The molecule has 6 heteroatoms. The molecule has 112 valence electrons. The van der Waals surface area contributed by atoms with Gasteiger partial charge in [-0.2, -0.15) is 4.98 Å². The van der Waals surface area contributed by atoms with Crippen LogP contribution < -0.4 is 9.47 Å². The molecule has 0 unspecified atom stereocenters. The lowest BCUT2D eigenvalue weighted by Crippen LogP contribution is -1.97. The topological polar surface area (TPSA) is 57.4 Å². The van der Waals surface area contributed by atoms with Crippen molar-refractivity contribution >= 4 is 11.6 Å². The van der Waals surface area contributed by atoms with Gasteiger partial charge in [0.15, 0.2) is 6.61 Å². The maximum Gasteiger partial charge on any atom is 0.258 e. The van der Waals surface area contributed by atoms with Crippen molar-refractivity contribution < 1.29 is 14.0 Å². The van der Waals surface area contributed by atoms with E-state index in [9.17, 15) is 0 Å². The third-order valence-corrected chi connectivity index (χ3v) is 3.24. The number of methoxy groups -OCH3 is 1. The molecule has 0 saturated heterocycles. The molecule has 0 amide bonds. The van der Waals surface area contributed by atoms with E-state index in [2.05, 4.69) is 10.1 Å². The van der Waals surface area contributed by atoms with Crippen LogP contribution in [0.5, 0.6) is 11.5 Å². The lowest BCUT2D eigenvalue weighted by atomic mass is 10.2. The molecular weight excluding hydrogens is 304 g/mol. The highest BCUT2D eigenvalue weighted by atomic mass is 35.5. The molecule has 0 bridgehead atoms. The van der Waals surface area contributed by atoms with Crippen molar-refractivity contribution in [3.05, 3.63) is 59.4 Å². The molecule has 0 fully saturated rings. The smallest absolute Gasteiger partial charge is 0.258 e. The molecule has 0 aliphatic rings. The molecule has 0 spiro atoms. The summed E-state index contributed by atoms with van der Waals surface area (Å²) >= 11 is 5.82. The second-order valence-electron chi connectivity index (χ2n) is 4.49. The summed E-state index contributed by atoms with van der Waals surface area (Å²) in [6.45, 7) is 0.223. The highest BCUT2D eigenvalue weighted by Gasteiger charge is 2.09. The fraction of sp³-hybridized carbons (Fsp3) is 0.125. The van der Waals surface area contributed by atoms with Crippen molar-refractivity contribution in [3.63, 3.8) is 0 Å². The maximum atomic E-state index is 5.82. The molecule has 0 atom stereocenters. The zero-order valence-electron chi connectivity index (χ0n) is 11.8. The largest absolute Gasteiger partial charge is 0.497 e. The average molecular weight is 317 g/mol. The van der Waals surface area contributed by atoms with Crippen LogP contribution in [-0.4, -0.2) is 17.3 Å². The second-order valence-corrected chi connectivity index (χ2v) is 4.92. The highest BCUT2D eigenvalue weighted by Crippen LogP contribution is 2.21. The van der Waals surface area contributed by atoms with Crippen molar-refractivity contribution in [2.45, 2.75) is 6.61 Å². The molecule has 0 N–H and O–H groups in total. The normalized spacial score (nSPS) is 10.5. The molecule has 3 rings (SSSR count). The first-order valence-corrected chi connectivity index (χ1v) is 6.98. The van der Waals surface area contributed by atoms with Gasteiger partial charge in [0.2, 0.25) is 5.82 Å². The average Bonchev–Trinajstić information content (AvgIpc) is 3.03. The van der Waals surface area contributed by atoms with Gasteiger partial charge in [-0.25, -0.2) is 0 Å². The lowest BCUT2D eigenvalue weighted by molar-refractivity contribution is 0.287. The third kappa shape index (κ3) is 3.38. The Morgan fingerprint density at radius 3 is 2.36 bits per heavy atom. The first kappa shape index (κ1) is 14.4. The van der Waals surface area contributed by atoms with Gasteiger partial charge in [0.25, 0.3) is 5.89 Å². The van der Waals surface area contributed by atoms with Crippen LogP contribution in [0.3, 0.4) is 0 Å². The fourth-order valence-corrected chi connectivity index (χ4v) is 1.97.